The molecule has 196 valence electrons. The maximum absolute atomic E-state index is 12.0. The minimum absolute atomic E-state index is 0.0117. The predicted molar refractivity (Wildman–Crippen MR) is 135 cm³/mol. The first-order valence-corrected chi connectivity index (χ1v) is 14.5. The minimum Gasteiger partial charge on any atom is -0.361 e. The molecule has 0 N–H and O–H groups in total. The average Bonchev–Trinajstić information content (AvgIpc) is 2.75. The van der Waals surface area contributed by atoms with E-state index in [0.29, 0.717) is 12.8 Å². The highest BCUT2D eigenvalue weighted by molar-refractivity contribution is 7.82. The van der Waals surface area contributed by atoms with Crippen LogP contribution >= 0.6 is 0 Å². The van der Waals surface area contributed by atoms with Gasteiger partial charge in [0.25, 0.3) is 0 Å². The van der Waals surface area contributed by atoms with Gasteiger partial charge in [-0.05, 0) is 61.1 Å². The van der Waals surface area contributed by atoms with Crippen LogP contribution in [0.25, 0.3) is 0 Å². The molecule has 0 aliphatic heterocycles. The van der Waals surface area contributed by atoms with Crippen molar-refractivity contribution in [1.82, 2.24) is 0 Å². The van der Waals surface area contributed by atoms with Crippen LogP contribution in [0.3, 0.4) is 0 Å². The second kappa shape index (κ2) is 12.2. The second-order valence-corrected chi connectivity index (χ2v) is 11.0. The summed E-state index contributed by atoms with van der Waals surface area (Å²) in [7, 11) is -8.27. The fourth-order valence-electron chi connectivity index (χ4n) is 3.75. The number of aryl methyl sites for hydroxylation is 2. The van der Waals surface area contributed by atoms with Gasteiger partial charge in [0.05, 0.1) is 13.2 Å². The first-order chi connectivity index (χ1) is 16.4. The molecule has 0 saturated heterocycles. The van der Waals surface area contributed by atoms with Gasteiger partial charge in [-0.25, -0.2) is 8.37 Å². The molecule has 0 atom stereocenters. The summed E-state index contributed by atoms with van der Waals surface area (Å²) in [5.74, 6) is 0.493. The normalized spacial score (nSPS) is 12.5. The molecule has 0 amide bonds. The van der Waals surface area contributed by atoms with Gasteiger partial charge in [0.1, 0.15) is 11.5 Å². The van der Waals surface area contributed by atoms with Crippen molar-refractivity contribution in [2.45, 2.75) is 72.6 Å². The Kier molecular flexibility index (Phi) is 10.1. The Bertz CT molecular complexity index is 1110. The van der Waals surface area contributed by atoms with Crippen molar-refractivity contribution in [2.24, 2.45) is 0 Å². The van der Waals surface area contributed by atoms with Gasteiger partial charge in [-0.15, -0.1) is 0 Å². The van der Waals surface area contributed by atoms with Gasteiger partial charge < -0.3 is 8.37 Å². The first kappa shape index (κ1) is 29.1. The number of rotatable bonds is 14. The van der Waals surface area contributed by atoms with Crippen molar-refractivity contribution in [3.05, 3.63) is 58.7 Å². The Labute approximate surface area is 210 Å². The maximum Gasteiger partial charge on any atom is 0.449 e. The Balaban J connectivity index is 2.48. The molecule has 0 aromatic heterocycles. The Morgan fingerprint density at radius 2 is 1.03 bits per heavy atom. The summed E-state index contributed by atoms with van der Waals surface area (Å²) in [6, 6.07) is 10.9. The quantitative estimate of drug-likeness (QED) is 0.328. The van der Waals surface area contributed by atoms with Crippen LogP contribution in [-0.4, -0.2) is 30.0 Å². The predicted octanol–water partition coefficient (Wildman–Crippen LogP) is 5.24. The molecule has 0 aliphatic carbocycles. The number of benzene rings is 2. The van der Waals surface area contributed by atoms with Crippen molar-refractivity contribution < 1.29 is 33.6 Å². The smallest absolute Gasteiger partial charge is 0.361 e. The molecule has 0 unspecified atom stereocenters. The lowest BCUT2D eigenvalue weighted by Gasteiger charge is -2.28. The summed E-state index contributed by atoms with van der Waals surface area (Å²) < 4.78 is 67.9. The zero-order valence-corrected chi connectivity index (χ0v) is 22.9. The highest BCUT2D eigenvalue weighted by atomic mass is 32.3. The van der Waals surface area contributed by atoms with Crippen LogP contribution in [-0.2, 0) is 47.4 Å². The van der Waals surface area contributed by atoms with Crippen molar-refractivity contribution >= 4 is 20.8 Å². The number of hydrogen-bond donors (Lipinski definition) is 0. The molecule has 0 saturated carbocycles. The van der Waals surface area contributed by atoms with Gasteiger partial charge in [0, 0.05) is 5.41 Å². The standard InChI is InChI=1S/C25H36O8S2/c1-7-11-19-17-21(13-15-23(19)32-34(26,27)30-9-3)25(5,6)22-14-16-24(20(18-22)12-8-2)33-35(28,29)31-10-4/h13-18H,7-12H2,1-6H3. The SMILES string of the molecule is CCCc1cc(C(C)(C)c2ccc(OS(=O)(=O)OCC)c(CCC)c2)ccc1OS(=O)(=O)OCC. The van der Waals surface area contributed by atoms with E-state index in [9.17, 15) is 16.8 Å². The largest absolute Gasteiger partial charge is 0.449 e. The molecular formula is C25H36O8S2. The third-order valence-electron chi connectivity index (χ3n) is 5.51. The van der Waals surface area contributed by atoms with Crippen molar-refractivity contribution in [1.29, 1.82) is 0 Å². The van der Waals surface area contributed by atoms with E-state index in [1.807, 2.05) is 38.1 Å². The summed E-state index contributed by atoms with van der Waals surface area (Å²) >= 11 is 0. The molecule has 0 heterocycles. The molecule has 10 heteroatoms. The summed E-state index contributed by atoms with van der Waals surface area (Å²) in [5.41, 5.74) is 2.97. The second-order valence-electron chi connectivity index (χ2n) is 8.57. The van der Waals surface area contributed by atoms with Crippen LogP contribution in [0, 0.1) is 0 Å². The first-order valence-electron chi connectivity index (χ1n) is 11.8. The van der Waals surface area contributed by atoms with Crippen LogP contribution in [0.2, 0.25) is 0 Å². The van der Waals surface area contributed by atoms with Gasteiger partial charge in [-0.2, -0.15) is 16.8 Å². The van der Waals surface area contributed by atoms with Gasteiger partial charge in [0.2, 0.25) is 0 Å². The van der Waals surface area contributed by atoms with E-state index in [1.165, 1.54) is 0 Å². The lowest BCUT2D eigenvalue weighted by molar-refractivity contribution is 0.286. The van der Waals surface area contributed by atoms with Crippen LogP contribution in [0.4, 0.5) is 0 Å². The van der Waals surface area contributed by atoms with Crippen molar-refractivity contribution in [2.75, 3.05) is 13.2 Å². The lowest BCUT2D eigenvalue weighted by atomic mass is 9.76. The monoisotopic (exact) mass is 528 g/mol. The summed E-state index contributed by atoms with van der Waals surface area (Å²) in [6.45, 7) is 11.2. The van der Waals surface area contributed by atoms with Crippen LogP contribution in [0.1, 0.15) is 76.6 Å². The zero-order chi connectivity index (χ0) is 26.3. The fourth-order valence-corrected chi connectivity index (χ4v) is 5.19. The highest BCUT2D eigenvalue weighted by Crippen LogP contribution is 2.37. The van der Waals surface area contributed by atoms with E-state index in [4.69, 9.17) is 16.7 Å². The Hall–Kier alpha value is -2.14. The van der Waals surface area contributed by atoms with E-state index in [0.717, 1.165) is 35.1 Å². The van der Waals surface area contributed by atoms with E-state index >= 15 is 0 Å². The van der Waals surface area contributed by atoms with Gasteiger partial charge in [0.15, 0.2) is 0 Å². The Morgan fingerprint density at radius 1 is 0.657 bits per heavy atom. The topological polar surface area (TPSA) is 105 Å². The van der Waals surface area contributed by atoms with E-state index < -0.39 is 26.2 Å². The van der Waals surface area contributed by atoms with Crippen LogP contribution in [0.5, 0.6) is 11.5 Å². The molecular weight excluding hydrogens is 492 g/mol. The van der Waals surface area contributed by atoms with Gasteiger partial charge in [-0.3, -0.25) is 0 Å². The van der Waals surface area contributed by atoms with Crippen LogP contribution in [0.15, 0.2) is 36.4 Å². The summed E-state index contributed by atoms with van der Waals surface area (Å²) in [5, 5.41) is 0. The van der Waals surface area contributed by atoms with Crippen molar-refractivity contribution in [3.63, 3.8) is 0 Å². The molecule has 2 aromatic rings. The molecule has 0 aliphatic rings. The molecule has 35 heavy (non-hydrogen) atoms. The Morgan fingerprint density at radius 3 is 1.34 bits per heavy atom. The molecule has 0 spiro atoms. The summed E-state index contributed by atoms with van der Waals surface area (Å²) in [6.07, 6.45) is 2.86. The van der Waals surface area contributed by atoms with Crippen LogP contribution < -0.4 is 8.37 Å². The average molecular weight is 529 g/mol. The molecule has 2 aromatic carbocycles. The highest BCUT2D eigenvalue weighted by Gasteiger charge is 2.27. The van der Waals surface area contributed by atoms with Crippen molar-refractivity contribution in [3.8, 4) is 11.5 Å². The molecule has 0 bridgehead atoms. The van der Waals surface area contributed by atoms with E-state index in [-0.39, 0.29) is 24.7 Å². The third-order valence-corrected chi connectivity index (χ3v) is 7.33. The molecule has 2 rings (SSSR count). The van der Waals surface area contributed by atoms with E-state index in [1.54, 1.807) is 26.0 Å². The molecule has 8 nitrogen and oxygen atoms in total. The summed E-state index contributed by atoms with van der Waals surface area (Å²) in [4.78, 5) is 0. The molecule has 0 fully saturated rings. The van der Waals surface area contributed by atoms with Gasteiger partial charge >= 0.3 is 20.8 Å². The maximum atomic E-state index is 12.0. The van der Waals surface area contributed by atoms with E-state index in [2.05, 4.69) is 13.8 Å². The fraction of sp³-hybridized carbons (Fsp3) is 0.520. The molecule has 0 radical (unpaired) electrons. The lowest BCUT2D eigenvalue weighted by Crippen LogP contribution is -2.21. The van der Waals surface area contributed by atoms with Gasteiger partial charge in [-0.1, -0.05) is 64.8 Å². The third kappa shape index (κ3) is 7.93. The minimum atomic E-state index is -4.14. The zero-order valence-electron chi connectivity index (χ0n) is 21.3. The number of hydrogen-bond acceptors (Lipinski definition) is 8.